The third-order valence-electron chi connectivity index (χ3n) is 12.5. The zero-order valence-corrected chi connectivity index (χ0v) is 46.3. The van der Waals surface area contributed by atoms with Crippen molar-refractivity contribution in [1.82, 2.24) is 34.8 Å². The SMILES string of the molecule is CC(=O)CN1CCN(CC(=O)O)CCN(CC(=O)O)CCN(C(CCC(=O)NCCOCCOCCOc2c(C)cn(Cc3c(Cl)cccc3OCCO)c(=O)c2NC(=O)N[C@@H](CC(=O)O)c2cccc(OCCO)c2)C(=O)O)CC1. The molecule has 28 heteroatoms. The van der Waals surface area contributed by atoms with Crippen molar-refractivity contribution >= 4 is 58.9 Å². The van der Waals surface area contributed by atoms with Gasteiger partial charge in [-0.05, 0) is 50.1 Å². The van der Waals surface area contributed by atoms with Gasteiger partial charge in [-0.3, -0.25) is 53.2 Å². The summed E-state index contributed by atoms with van der Waals surface area (Å²) in [6.07, 6.45) is 0.726. The molecule has 3 amide bonds. The van der Waals surface area contributed by atoms with Crippen LogP contribution in [0.2, 0.25) is 5.02 Å². The van der Waals surface area contributed by atoms with E-state index in [1.165, 1.54) is 23.8 Å². The van der Waals surface area contributed by atoms with Gasteiger partial charge in [0.05, 0.1) is 78.3 Å². The van der Waals surface area contributed by atoms with Crippen LogP contribution in [0.4, 0.5) is 10.5 Å². The number of hydrogen-bond acceptors (Lipinski definition) is 19. The minimum Gasteiger partial charge on any atom is -0.491 e. The second kappa shape index (κ2) is 35.7. The number of aromatic nitrogens is 1. The number of carbonyl (C=O) groups is 7. The van der Waals surface area contributed by atoms with Crippen LogP contribution in [0.15, 0.2) is 53.5 Å². The van der Waals surface area contributed by atoms with Gasteiger partial charge in [-0.1, -0.05) is 29.8 Å². The standard InChI is InChI=1S/C53H75ClN8O19/c1-36-31-62(33-40-41(54)7-4-8-44(40)80-24-21-64)51(73)49(57-53(76)56-42(30-46(67)68)38-5-3-6-39(29-38)79-23-20-63)50(36)81-28-27-78-26-25-77-22-11-55-45(66)10-9-43(52(74)75)61-18-16-58(32-37(2)65)12-13-59(34-47(69)70)14-15-60(17-19-61)35-48(71)72/h3-8,29,31,42-43,63-64H,9-28,30,32-35H2,1-2H3,(H,55,66)(H,67,68)(H,69,70)(H,71,72)(H,74,75)(H2,56,57,76)/t42-,43?/m0/s1. The summed E-state index contributed by atoms with van der Waals surface area (Å²) >= 11 is 6.55. The van der Waals surface area contributed by atoms with E-state index >= 15 is 0 Å². The maximum absolute atomic E-state index is 14.3. The summed E-state index contributed by atoms with van der Waals surface area (Å²) in [5, 5.41) is 65.8. The van der Waals surface area contributed by atoms with Crippen LogP contribution in [0.25, 0.3) is 0 Å². The van der Waals surface area contributed by atoms with E-state index in [2.05, 4.69) is 16.0 Å². The Hall–Kier alpha value is -6.95. The third kappa shape index (κ3) is 24.4. The summed E-state index contributed by atoms with van der Waals surface area (Å²) in [6, 6.07) is 8.01. The molecule has 0 aliphatic carbocycles. The fraction of sp³-hybridized carbons (Fsp3) is 0.547. The number of aliphatic hydroxyl groups excluding tert-OH is 2. The van der Waals surface area contributed by atoms with Crippen LogP contribution >= 0.6 is 11.6 Å². The van der Waals surface area contributed by atoms with Crippen LogP contribution in [0.5, 0.6) is 17.2 Å². The number of hydrogen-bond donors (Lipinski definition) is 9. The molecule has 0 spiro atoms. The second-order valence-electron chi connectivity index (χ2n) is 18.8. The summed E-state index contributed by atoms with van der Waals surface area (Å²) in [7, 11) is 0. The van der Waals surface area contributed by atoms with E-state index in [9.17, 15) is 69.0 Å². The Morgan fingerprint density at radius 2 is 1.30 bits per heavy atom. The summed E-state index contributed by atoms with van der Waals surface area (Å²) in [5.74, 6) is -4.49. The molecule has 1 aromatic heterocycles. The first-order valence-corrected chi connectivity index (χ1v) is 26.7. The minimum atomic E-state index is -1.23. The number of carboxylic acid groups (broad SMARTS) is 4. The molecule has 0 saturated carbocycles. The van der Waals surface area contributed by atoms with Gasteiger partial charge in [-0.15, -0.1) is 0 Å². The molecule has 81 heavy (non-hydrogen) atoms. The Morgan fingerprint density at radius 3 is 1.90 bits per heavy atom. The van der Waals surface area contributed by atoms with E-state index in [0.717, 1.165) is 0 Å². The van der Waals surface area contributed by atoms with E-state index in [-0.39, 0.29) is 173 Å². The highest BCUT2D eigenvalue weighted by atomic mass is 35.5. The molecule has 3 aromatic rings. The number of aryl methyl sites for hydroxylation is 1. The minimum absolute atomic E-state index is 0.00563. The van der Waals surface area contributed by atoms with E-state index in [0.29, 0.717) is 34.7 Å². The molecule has 9 N–H and O–H groups in total. The number of ketones is 1. The molecule has 4 rings (SSSR count). The molecule has 2 atom stereocenters. The maximum Gasteiger partial charge on any atom is 0.320 e. The number of pyridine rings is 1. The van der Waals surface area contributed by atoms with Gasteiger partial charge in [0.1, 0.15) is 43.1 Å². The van der Waals surface area contributed by atoms with Crippen molar-refractivity contribution < 1.29 is 87.9 Å². The lowest BCUT2D eigenvalue weighted by molar-refractivity contribution is -0.145. The van der Waals surface area contributed by atoms with Crippen molar-refractivity contribution in [2.45, 2.75) is 51.7 Å². The molecule has 0 radical (unpaired) electrons. The average Bonchev–Trinajstić information content (AvgIpc) is 3.49. The van der Waals surface area contributed by atoms with Crippen molar-refractivity contribution in [1.29, 1.82) is 0 Å². The van der Waals surface area contributed by atoms with Gasteiger partial charge in [0.25, 0.3) is 5.56 Å². The van der Waals surface area contributed by atoms with Crippen LogP contribution in [0.3, 0.4) is 0 Å². The predicted octanol–water partition coefficient (Wildman–Crippen LogP) is 0.680. The van der Waals surface area contributed by atoms with Crippen LogP contribution in [0.1, 0.15) is 48.9 Å². The largest absolute Gasteiger partial charge is 0.491 e. The number of anilines is 1. The number of amides is 3. The molecule has 27 nitrogen and oxygen atoms in total. The molecule has 1 aliphatic heterocycles. The van der Waals surface area contributed by atoms with Crippen LogP contribution in [0, 0.1) is 6.92 Å². The number of urea groups is 1. The van der Waals surface area contributed by atoms with Gasteiger partial charge in [-0.2, -0.15) is 0 Å². The zero-order chi connectivity index (χ0) is 59.3. The lowest BCUT2D eigenvalue weighted by Crippen LogP contribution is -2.52. The first-order valence-electron chi connectivity index (χ1n) is 26.3. The van der Waals surface area contributed by atoms with Crippen molar-refractivity contribution in [2.24, 2.45) is 0 Å². The number of carbonyl (C=O) groups excluding carboxylic acids is 3. The topological polar surface area (TPSA) is 358 Å². The van der Waals surface area contributed by atoms with Gasteiger partial charge in [0.2, 0.25) is 5.91 Å². The molecule has 1 unspecified atom stereocenters. The number of carboxylic acids is 4. The average molecular weight is 1160 g/mol. The summed E-state index contributed by atoms with van der Waals surface area (Å²) < 4.78 is 29.8. The first kappa shape index (κ1) is 66.6. The van der Waals surface area contributed by atoms with Crippen molar-refractivity contribution in [3.8, 4) is 17.2 Å². The number of nitrogens with zero attached hydrogens (tertiary/aromatic N) is 5. The fourth-order valence-electron chi connectivity index (χ4n) is 8.72. The first-order chi connectivity index (χ1) is 38.8. The quantitative estimate of drug-likeness (QED) is 0.0371. The van der Waals surface area contributed by atoms with E-state index in [1.807, 2.05) is 4.90 Å². The monoisotopic (exact) mass is 1160 g/mol. The van der Waals surface area contributed by atoms with E-state index in [1.54, 1.807) is 58.0 Å². The smallest absolute Gasteiger partial charge is 0.320 e. The number of halogens is 1. The number of aliphatic carboxylic acids is 4. The lowest BCUT2D eigenvalue weighted by Gasteiger charge is -2.35. The summed E-state index contributed by atoms with van der Waals surface area (Å²) in [6.45, 7) is 3.76. The number of Topliss-reactive ketones (excluding diaryl/α,β-unsaturated/α-hetero) is 1. The molecule has 0 bridgehead atoms. The Balaban J connectivity index is 1.33. The molecular formula is C53H75ClN8O19. The van der Waals surface area contributed by atoms with Gasteiger partial charge in [0.15, 0.2) is 11.4 Å². The lowest BCUT2D eigenvalue weighted by atomic mass is 10.0. The Morgan fingerprint density at radius 1 is 0.704 bits per heavy atom. The Kier molecular flexibility index (Phi) is 29.3. The molecular weight excluding hydrogens is 1090 g/mol. The summed E-state index contributed by atoms with van der Waals surface area (Å²) in [4.78, 5) is 108. The van der Waals surface area contributed by atoms with Crippen molar-refractivity contribution in [2.75, 3.05) is 143 Å². The zero-order valence-electron chi connectivity index (χ0n) is 45.6. The number of nitrogens with one attached hydrogen (secondary N) is 3. The molecule has 448 valence electrons. The highest BCUT2D eigenvalue weighted by molar-refractivity contribution is 6.31. The fourth-order valence-corrected chi connectivity index (χ4v) is 8.94. The highest BCUT2D eigenvalue weighted by Gasteiger charge is 2.29. The molecule has 1 fully saturated rings. The predicted molar refractivity (Wildman–Crippen MR) is 292 cm³/mol. The summed E-state index contributed by atoms with van der Waals surface area (Å²) in [5.41, 5.74) is 0.167. The second-order valence-corrected chi connectivity index (χ2v) is 19.2. The van der Waals surface area contributed by atoms with E-state index in [4.69, 9.17) is 35.3 Å². The van der Waals surface area contributed by atoms with Gasteiger partial charge < -0.3 is 74.8 Å². The third-order valence-corrected chi connectivity index (χ3v) is 12.9. The molecule has 2 heterocycles. The number of rotatable bonds is 34. The normalized spacial score (nSPS) is 14.8. The van der Waals surface area contributed by atoms with Gasteiger partial charge in [-0.25, -0.2) is 4.79 Å². The Labute approximate surface area is 473 Å². The van der Waals surface area contributed by atoms with Crippen LogP contribution < -0.4 is 35.7 Å². The number of aliphatic hydroxyl groups is 2. The number of ether oxygens (including phenoxy) is 5. The Bertz CT molecular complexity index is 2580. The molecule has 1 aliphatic rings. The molecule has 2 aromatic carbocycles. The maximum atomic E-state index is 14.3. The number of benzene rings is 2. The van der Waals surface area contributed by atoms with Gasteiger partial charge >= 0.3 is 29.9 Å². The highest BCUT2D eigenvalue weighted by Crippen LogP contribution is 2.30. The van der Waals surface area contributed by atoms with Crippen LogP contribution in [-0.4, -0.2) is 240 Å². The molecule has 1 saturated heterocycles. The van der Waals surface area contributed by atoms with Crippen molar-refractivity contribution in [3.63, 3.8) is 0 Å². The van der Waals surface area contributed by atoms with E-state index < -0.39 is 59.9 Å². The van der Waals surface area contributed by atoms with Gasteiger partial charge in [0, 0.05) is 87.7 Å². The van der Waals surface area contributed by atoms with Crippen LogP contribution in [-0.2, 0) is 44.8 Å². The van der Waals surface area contributed by atoms with Crippen molar-refractivity contribution in [3.05, 3.63) is 80.7 Å².